The van der Waals surface area contributed by atoms with Gasteiger partial charge in [-0.1, -0.05) is 45.4 Å². The maximum absolute atomic E-state index is 15.3. The summed E-state index contributed by atoms with van der Waals surface area (Å²) >= 11 is 0. The van der Waals surface area contributed by atoms with E-state index in [9.17, 15) is 14.7 Å². The van der Waals surface area contributed by atoms with Crippen molar-refractivity contribution in [2.75, 3.05) is 7.11 Å². The molecule has 1 saturated heterocycles. The Hall–Kier alpha value is -3.20. The lowest BCUT2D eigenvalue weighted by molar-refractivity contribution is -0.145. The molecule has 1 aliphatic carbocycles. The summed E-state index contributed by atoms with van der Waals surface area (Å²) in [5.41, 5.74) is 1.38. The van der Waals surface area contributed by atoms with Gasteiger partial charge in [-0.05, 0) is 55.7 Å². The Kier molecular flexibility index (Phi) is 8.49. The van der Waals surface area contributed by atoms with E-state index >= 15 is 4.39 Å². The summed E-state index contributed by atoms with van der Waals surface area (Å²) < 4.78 is 32.9. The van der Waals surface area contributed by atoms with Crippen LogP contribution in [0.1, 0.15) is 82.5 Å². The Labute approximate surface area is 229 Å². The molecular formula is C30H39FN2O6. The number of benzene rings is 1. The van der Waals surface area contributed by atoms with E-state index in [1.54, 1.807) is 32.0 Å². The first-order chi connectivity index (χ1) is 18.4. The second-order valence-corrected chi connectivity index (χ2v) is 11.8. The van der Waals surface area contributed by atoms with Gasteiger partial charge in [-0.25, -0.2) is 19.0 Å². The van der Waals surface area contributed by atoms with Crippen LogP contribution >= 0.6 is 0 Å². The Morgan fingerprint density at radius 3 is 2.44 bits per heavy atom. The number of likely N-dealkylation sites (tertiary alicyclic amines) is 1. The minimum atomic E-state index is -1.30. The van der Waals surface area contributed by atoms with Gasteiger partial charge < -0.3 is 19.3 Å². The summed E-state index contributed by atoms with van der Waals surface area (Å²) in [7, 11) is 1.54. The van der Waals surface area contributed by atoms with Gasteiger partial charge in [0.25, 0.3) is 0 Å². The number of nitrogens with zero attached hydrogens (tertiary/aromatic N) is 2. The number of amides is 1. The summed E-state index contributed by atoms with van der Waals surface area (Å²) in [6.07, 6.45) is 3.03. The van der Waals surface area contributed by atoms with Crippen molar-refractivity contribution in [1.29, 1.82) is 0 Å². The molecule has 1 aromatic heterocycles. The van der Waals surface area contributed by atoms with Gasteiger partial charge >= 0.3 is 12.1 Å². The van der Waals surface area contributed by atoms with Gasteiger partial charge in [0.2, 0.25) is 5.88 Å². The third kappa shape index (κ3) is 5.88. The maximum atomic E-state index is 15.3. The zero-order chi connectivity index (χ0) is 28.5. The number of hydrogen-bond donors (Lipinski definition) is 1. The predicted molar refractivity (Wildman–Crippen MR) is 143 cm³/mol. The highest BCUT2D eigenvalue weighted by molar-refractivity contribution is 5.82. The Morgan fingerprint density at radius 2 is 1.90 bits per heavy atom. The largest absolute Gasteiger partial charge is 0.481 e. The van der Waals surface area contributed by atoms with Crippen molar-refractivity contribution >= 4 is 12.1 Å². The molecule has 2 aromatic rings. The lowest BCUT2D eigenvalue weighted by Crippen LogP contribution is -2.47. The van der Waals surface area contributed by atoms with Crippen LogP contribution < -0.4 is 4.74 Å². The van der Waals surface area contributed by atoms with E-state index in [0.717, 1.165) is 28.9 Å². The highest BCUT2D eigenvalue weighted by atomic mass is 19.1. The number of aliphatic carboxylic acids is 1. The molecule has 4 atom stereocenters. The molecule has 2 heterocycles. The molecule has 1 amide bonds. The van der Waals surface area contributed by atoms with Gasteiger partial charge in [-0.3, -0.25) is 4.90 Å². The normalized spacial score (nSPS) is 23.5. The highest BCUT2D eigenvalue weighted by Crippen LogP contribution is 2.50. The van der Waals surface area contributed by atoms with Gasteiger partial charge in [0.05, 0.1) is 32.0 Å². The molecule has 0 spiro atoms. The fraction of sp³-hybridized carbons (Fsp3) is 0.567. The second kappa shape index (κ2) is 11.5. The maximum Gasteiger partial charge on any atom is 0.411 e. The van der Waals surface area contributed by atoms with Gasteiger partial charge in [0, 0.05) is 23.2 Å². The number of hydrogen-bond acceptors (Lipinski definition) is 6. The van der Waals surface area contributed by atoms with E-state index < -0.39 is 53.5 Å². The zero-order valence-electron chi connectivity index (χ0n) is 23.5. The van der Waals surface area contributed by atoms with E-state index in [2.05, 4.69) is 4.98 Å². The van der Waals surface area contributed by atoms with Crippen molar-refractivity contribution in [2.45, 2.75) is 90.7 Å². The van der Waals surface area contributed by atoms with Gasteiger partial charge in [0.1, 0.15) is 11.9 Å². The zero-order valence-corrected chi connectivity index (χ0v) is 23.5. The molecule has 8 nitrogen and oxygen atoms in total. The lowest BCUT2D eigenvalue weighted by atomic mass is 9.73. The number of halogens is 1. The van der Waals surface area contributed by atoms with Crippen LogP contribution in [0.15, 0.2) is 36.5 Å². The quantitative estimate of drug-likeness (QED) is 0.430. The van der Waals surface area contributed by atoms with Crippen LogP contribution in [0, 0.1) is 17.2 Å². The molecular weight excluding hydrogens is 503 g/mol. The molecule has 2 fully saturated rings. The summed E-state index contributed by atoms with van der Waals surface area (Å²) in [6, 6.07) is 5.77. The summed E-state index contributed by atoms with van der Waals surface area (Å²) in [6.45, 7) is 9.13. The molecule has 4 rings (SSSR count). The van der Waals surface area contributed by atoms with Gasteiger partial charge in [-0.15, -0.1) is 0 Å². The first-order valence-electron chi connectivity index (χ1n) is 13.5. The number of carbonyl (C=O) groups is 2. The van der Waals surface area contributed by atoms with Crippen LogP contribution in [-0.2, 0) is 20.9 Å². The van der Waals surface area contributed by atoms with Crippen molar-refractivity contribution in [1.82, 2.24) is 9.88 Å². The van der Waals surface area contributed by atoms with Crippen LogP contribution in [-0.4, -0.2) is 52.4 Å². The van der Waals surface area contributed by atoms with E-state index in [4.69, 9.17) is 14.2 Å². The molecule has 0 radical (unpaired) electrons. The standard InChI is InChI=1S/C30H39FN2O6/c1-17(2)39-29(36)33-24(21-12-7-8-13-22(21)31)26(23(30(3,4)5)25(33)28(34)35)38-16-20-14-19(18-10-9-11-18)15-32-27(20)37-6/h7-8,12-15,17-18,23-26H,9-11,16H2,1-6H3,(H,34,35)/t23-,24+,25+,26+/m1/s1. The minimum Gasteiger partial charge on any atom is -0.481 e. The number of carboxylic acid groups (broad SMARTS) is 1. The first-order valence-corrected chi connectivity index (χ1v) is 13.5. The molecule has 1 saturated carbocycles. The van der Waals surface area contributed by atoms with Crippen molar-refractivity contribution in [2.24, 2.45) is 11.3 Å². The SMILES string of the molecule is COc1ncc(C2CCC2)cc1CO[C@H]1[C@H](C(C)(C)C)[C@@H](C(=O)O)N(C(=O)OC(C)C)[C@H]1c1ccccc1F. The third-order valence-electron chi connectivity index (χ3n) is 7.78. The number of ether oxygens (including phenoxy) is 3. The number of rotatable bonds is 8. The molecule has 1 N–H and O–H groups in total. The molecule has 0 bridgehead atoms. The van der Waals surface area contributed by atoms with E-state index in [0.29, 0.717) is 11.8 Å². The van der Waals surface area contributed by atoms with Gasteiger partial charge in [0.15, 0.2) is 0 Å². The fourth-order valence-corrected chi connectivity index (χ4v) is 5.80. The number of methoxy groups -OCH3 is 1. The summed E-state index contributed by atoms with van der Waals surface area (Å²) in [5.74, 6) is -1.58. The van der Waals surface area contributed by atoms with Crippen molar-refractivity contribution in [3.05, 3.63) is 59.0 Å². The molecule has 2 aliphatic rings. The van der Waals surface area contributed by atoms with Crippen molar-refractivity contribution in [3.63, 3.8) is 0 Å². The number of carboxylic acids is 1. The monoisotopic (exact) mass is 542 g/mol. The Balaban J connectivity index is 1.80. The van der Waals surface area contributed by atoms with Crippen molar-refractivity contribution < 1.29 is 33.3 Å². The van der Waals surface area contributed by atoms with Crippen molar-refractivity contribution in [3.8, 4) is 5.88 Å². The van der Waals surface area contributed by atoms with E-state index in [-0.39, 0.29) is 12.2 Å². The van der Waals surface area contributed by atoms with E-state index in [1.807, 2.05) is 33.0 Å². The molecule has 0 unspecified atom stereocenters. The smallest absolute Gasteiger partial charge is 0.411 e. The molecule has 212 valence electrons. The van der Waals surface area contributed by atoms with Crippen LogP contribution in [0.2, 0.25) is 0 Å². The van der Waals surface area contributed by atoms with Crippen LogP contribution in [0.3, 0.4) is 0 Å². The van der Waals surface area contributed by atoms with E-state index in [1.165, 1.54) is 19.6 Å². The molecule has 1 aliphatic heterocycles. The number of aromatic nitrogens is 1. The minimum absolute atomic E-state index is 0.0539. The average Bonchev–Trinajstić information content (AvgIpc) is 3.17. The predicted octanol–water partition coefficient (Wildman–Crippen LogP) is 6.10. The Bertz CT molecular complexity index is 1190. The number of pyridine rings is 1. The topological polar surface area (TPSA) is 98.2 Å². The number of carbonyl (C=O) groups excluding carboxylic acids is 1. The first kappa shape index (κ1) is 28.8. The average molecular weight is 543 g/mol. The van der Waals surface area contributed by atoms with Crippen LogP contribution in [0.5, 0.6) is 5.88 Å². The van der Waals surface area contributed by atoms with Crippen LogP contribution in [0.4, 0.5) is 9.18 Å². The van der Waals surface area contributed by atoms with Gasteiger partial charge in [-0.2, -0.15) is 0 Å². The third-order valence-corrected chi connectivity index (χ3v) is 7.78. The second-order valence-electron chi connectivity index (χ2n) is 11.8. The Morgan fingerprint density at radius 1 is 1.21 bits per heavy atom. The fourth-order valence-electron chi connectivity index (χ4n) is 5.80. The summed E-state index contributed by atoms with van der Waals surface area (Å²) in [4.78, 5) is 31.9. The molecule has 1 aromatic carbocycles. The molecule has 39 heavy (non-hydrogen) atoms. The highest BCUT2D eigenvalue weighted by Gasteiger charge is 2.60. The molecule has 9 heteroatoms. The van der Waals surface area contributed by atoms with Crippen LogP contribution in [0.25, 0.3) is 0 Å². The summed E-state index contributed by atoms with van der Waals surface area (Å²) in [5, 5.41) is 10.4. The lowest BCUT2D eigenvalue weighted by Gasteiger charge is -2.35.